The van der Waals surface area contributed by atoms with Crippen molar-refractivity contribution in [3.05, 3.63) is 53.5 Å². The van der Waals surface area contributed by atoms with Crippen LogP contribution < -0.4 is 5.32 Å². The second-order valence-electron chi connectivity index (χ2n) is 3.63. The van der Waals surface area contributed by atoms with Crippen molar-refractivity contribution in [3.8, 4) is 0 Å². The fourth-order valence-electron chi connectivity index (χ4n) is 1.47. The Balaban J connectivity index is 0.00000162. The van der Waals surface area contributed by atoms with Crippen LogP contribution in [0.5, 0.6) is 0 Å². The number of halogens is 4. The van der Waals surface area contributed by atoms with Crippen molar-refractivity contribution in [1.82, 2.24) is 5.32 Å². The summed E-state index contributed by atoms with van der Waals surface area (Å²) in [5.41, 5.74) is 1.29. The molecule has 0 saturated carbocycles. The molecule has 1 unspecified atom stereocenters. The Morgan fingerprint density at radius 3 is 2.33 bits per heavy atom. The summed E-state index contributed by atoms with van der Waals surface area (Å²) in [5.74, 6) is -3.91. The van der Waals surface area contributed by atoms with Crippen LogP contribution >= 0.6 is 15.9 Å². The van der Waals surface area contributed by atoms with Gasteiger partial charge in [0.15, 0.2) is 5.82 Å². The fourth-order valence-corrected chi connectivity index (χ4v) is 1.75. The van der Waals surface area contributed by atoms with Crippen molar-refractivity contribution >= 4 is 21.6 Å². The molecule has 1 aromatic rings. The molecule has 1 radical (unpaired) electrons. The van der Waals surface area contributed by atoms with Crippen LogP contribution in [0.2, 0.25) is 0 Å². The SMILES string of the molecule is C=C1NC(c2cc(F)c(F)c(F)c2)=[C-]CC1Br.[Y]. The van der Waals surface area contributed by atoms with Crippen molar-refractivity contribution in [3.63, 3.8) is 0 Å². The molecule has 18 heavy (non-hydrogen) atoms. The van der Waals surface area contributed by atoms with Gasteiger partial charge >= 0.3 is 0 Å². The maximum atomic E-state index is 13.1. The number of hydrogen-bond donors (Lipinski definition) is 1. The van der Waals surface area contributed by atoms with E-state index < -0.39 is 17.5 Å². The molecule has 0 amide bonds. The number of hydrogen-bond acceptors (Lipinski definition) is 1. The molecule has 1 aromatic carbocycles. The van der Waals surface area contributed by atoms with Gasteiger partial charge in [-0.1, -0.05) is 41.1 Å². The number of rotatable bonds is 1. The van der Waals surface area contributed by atoms with Gasteiger partial charge in [-0.05, 0) is 0 Å². The van der Waals surface area contributed by atoms with Crippen molar-refractivity contribution in [2.45, 2.75) is 11.2 Å². The summed E-state index contributed by atoms with van der Waals surface area (Å²) in [7, 11) is 0. The smallest absolute Gasteiger partial charge is 0.191 e. The van der Waals surface area contributed by atoms with E-state index in [0.717, 1.165) is 12.1 Å². The van der Waals surface area contributed by atoms with Crippen molar-refractivity contribution in [1.29, 1.82) is 0 Å². The van der Waals surface area contributed by atoms with Crippen molar-refractivity contribution in [2.24, 2.45) is 0 Å². The second kappa shape index (κ2) is 6.35. The van der Waals surface area contributed by atoms with Gasteiger partial charge in [-0.25, -0.2) is 19.2 Å². The van der Waals surface area contributed by atoms with Gasteiger partial charge in [-0.2, -0.15) is 0 Å². The molecule has 93 valence electrons. The molecule has 1 nitrogen and oxygen atoms in total. The molecule has 6 heteroatoms. The molecule has 1 aliphatic heterocycles. The van der Waals surface area contributed by atoms with E-state index in [4.69, 9.17) is 0 Å². The topological polar surface area (TPSA) is 12.0 Å². The molecule has 0 aromatic heterocycles. The first-order valence-corrected chi connectivity index (χ1v) is 5.76. The maximum absolute atomic E-state index is 13.1. The average molecular weight is 392 g/mol. The van der Waals surface area contributed by atoms with E-state index in [1.807, 2.05) is 0 Å². The van der Waals surface area contributed by atoms with Crippen LogP contribution in [0.1, 0.15) is 12.0 Å². The molecule has 1 aliphatic rings. The molecular formula is C12H8BrF3NY-. The van der Waals surface area contributed by atoms with Crippen LogP contribution in [0, 0.1) is 23.5 Å². The normalized spacial score (nSPS) is 18.8. The summed E-state index contributed by atoms with van der Waals surface area (Å²) in [5, 5.41) is 2.86. The Labute approximate surface area is 137 Å². The molecule has 0 aliphatic carbocycles. The standard InChI is InChI=1S/C12H8BrF3N.Y/c1-6-8(13)2-3-11(17-6)7-4-9(14)12(16)10(15)5-7;/h4-5,8,17H,1-2H2;/q-1;. The number of nitrogens with one attached hydrogen (secondary N) is 1. The van der Waals surface area contributed by atoms with Gasteiger partial charge in [0, 0.05) is 43.2 Å². The minimum absolute atomic E-state index is 0. The number of allylic oxidation sites excluding steroid dienone is 2. The Kier molecular flexibility index (Phi) is 5.62. The van der Waals surface area contributed by atoms with Crippen LogP contribution in [0.15, 0.2) is 24.4 Å². The van der Waals surface area contributed by atoms with E-state index in [-0.39, 0.29) is 43.1 Å². The molecule has 0 fully saturated rings. The average Bonchev–Trinajstić information content (AvgIpc) is 2.29. The van der Waals surface area contributed by atoms with Gasteiger partial charge < -0.3 is 5.32 Å². The van der Waals surface area contributed by atoms with E-state index in [2.05, 4.69) is 33.9 Å². The molecule has 1 N–H and O–H groups in total. The molecule has 1 atom stereocenters. The molecule has 0 saturated heterocycles. The van der Waals surface area contributed by atoms with Crippen LogP contribution in [-0.4, -0.2) is 4.83 Å². The predicted octanol–water partition coefficient (Wildman–Crippen LogP) is 3.52. The monoisotopic (exact) mass is 391 g/mol. The quantitative estimate of drug-likeness (QED) is 0.439. The molecule has 1 heterocycles. The van der Waals surface area contributed by atoms with E-state index >= 15 is 0 Å². The van der Waals surface area contributed by atoms with E-state index in [1.54, 1.807) is 0 Å². The third-order valence-electron chi connectivity index (χ3n) is 2.39. The van der Waals surface area contributed by atoms with Crippen LogP contribution in [0.3, 0.4) is 0 Å². The molecule has 0 bridgehead atoms. The Bertz CT molecular complexity index is 493. The van der Waals surface area contributed by atoms with Crippen molar-refractivity contribution < 1.29 is 45.9 Å². The zero-order valence-corrected chi connectivity index (χ0v) is 13.7. The van der Waals surface area contributed by atoms with E-state index in [0.29, 0.717) is 17.8 Å². The van der Waals surface area contributed by atoms with Crippen LogP contribution in [0.4, 0.5) is 13.2 Å². The Morgan fingerprint density at radius 2 is 1.83 bits per heavy atom. The minimum atomic E-state index is -1.47. The number of alkyl halides is 1. The molecule has 2 rings (SSSR count). The largest absolute Gasteiger partial charge is 0.393 e. The predicted molar refractivity (Wildman–Crippen MR) is 62.6 cm³/mol. The van der Waals surface area contributed by atoms with Gasteiger partial charge in [0.25, 0.3) is 0 Å². The van der Waals surface area contributed by atoms with E-state index in [1.165, 1.54) is 0 Å². The Morgan fingerprint density at radius 1 is 1.28 bits per heavy atom. The zero-order chi connectivity index (χ0) is 12.6. The zero-order valence-electron chi connectivity index (χ0n) is 9.24. The summed E-state index contributed by atoms with van der Waals surface area (Å²) in [4.78, 5) is 0.0291. The summed E-state index contributed by atoms with van der Waals surface area (Å²) in [6.07, 6.45) is 3.46. The van der Waals surface area contributed by atoms with Gasteiger partial charge in [-0.3, -0.25) is 0 Å². The van der Waals surface area contributed by atoms with Gasteiger partial charge in [-0.15, -0.1) is 11.3 Å². The van der Waals surface area contributed by atoms with E-state index in [9.17, 15) is 13.2 Å². The van der Waals surface area contributed by atoms with Crippen LogP contribution in [0.25, 0.3) is 5.70 Å². The number of benzene rings is 1. The fraction of sp³-hybridized carbons (Fsp3) is 0.167. The van der Waals surface area contributed by atoms with Gasteiger partial charge in [0.05, 0.1) is 0 Å². The maximum Gasteiger partial charge on any atom is 0.191 e. The first kappa shape index (κ1) is 15.9. The summed E-state index contributed by atoms with van der Waals surface area (Å²) >= 11 is 3.35. The Hall–Kier alpha value is -0.126. The first-order valence-electron chi connectivity index (χ1n) is 4.84. The molecule has 0 spiro atoms. The summed E-state index contributed by atoms with van der Waals surface area (Å²) < 4.78 is 38.9. The summed E-state index contributed by atoms with van der Waals surface area (Å²) in [6, 6.07) is 1.85. The minimum Gasteiger partial charge on any atom is -0.393 e. The first-order chi connectivity index (χ1) is 7.99. The van der Waals surface area contributed by atoms with Crippen molar-refractivity contribution in [2.75, 3.05) is 0 Å². The van der Waals surface area contributed by atoms with Gasteiger partial charge in [0.1, 0.15) is 11.6 Å². The third kappa shape index (κ3) is 3.25. The third-order valence-corrected chi connectivity index (χ3v) is 3.27. The summed E-state index contributed by atoms with van der Waals surface area (Å²) in [6.45, 7) is 3.75. The van der Waals surface area contributed by atoms with Crippen LogP contribution in [-0.2, 0) is 32.7 Å². The second-order valence-corrected chi connectivity index (χ2v) is 4.73. The molecular weight excluding hydrogens is 384 g/mol. The van der Waals surface area contributed by atoms with Gasteiger partial charge in [0.2, 0.25) is 0 Å².